The number of nitrogens with zero attached hydrogens (tertiary/aromatic N) is 4. The van der Waals surface area contributed by atoms with E-state index >= 15 is 0 Å². The minimum Gasteiger partial charge on any atom is -0.357 e. The maximum Gasteiger partial charge on any atom is 0.257 e. The number of likely N-dealkylation sites (tertiary alicyclic amines) is 2. The smallest absolute Gasteiger partial charge is 0.257 e. The van der Waals surface area contributed by atoms with Crippen LogP contribution in [-0.2, 0) is 0 Å². The Bertz CT molecular complexity index is 812. The van der Waals surface area contributed by atoms with Crippen LogP contribution in [0.2, 0.25) is 0 Å². The number of halogens is 1. The molecule has 0 aliphatic carbocycles. The highest BCUT2D eigenvalue weighted by molar-refractivity contribution is 5.94. The molecule has 6 nitrogen and oxygen atoms in total. The molecule has 0 bridgehead atoms. The molecule has 0 spiro atoms. The highest BCUT2D eigenvalue weighted by atomic mass is 35.5. The molecule has 0 radical (unpaired) electrons. The van der Waals surface area contributed by atoms with Gasteiger partial charge in [0.1, 0.15) is 0 Å². The number of hydrogen-bond donors (Lipinski definition) is 1. The lowest BCUT2D eigenvalue weighted by atomic mass is 9.88. The van der Waals surface area contributed by atoms with Gasteiger partial charge < -0.3 is 10.2 Å². The first-order valence-corrected chi connectivity index (χ1v) is 9.13. The number of rotatable bonds is 3. The maximum absolute atomic E-state index is 12.9. The Kier molecular flexibility index (Phi) is 5.67. The number of anilines is 1. The second kappa shape index (κ2) is 7.82. The summed E-state index contributed by atoms with van der Waals surface area (Å²) in [4.78, 5) is 25.6. The second-order valence-corrected chi connectivity index (χ2v) is 7.42. The first-order chi connectivity index (χ1) is 12.6. The predicted octanol–water partition coefficient (Wildman–Crippen LogP) is 2.62. The molecule has 7 heteroatoms. The molecule has 0 unspecified atom stereocenters. The molecule has 1 aromatic carbocycles. The monoisotopic (exact) mass is 387 g/mol. The highest BCUT2D eigenvalue weighted by Crippen LogP contribution is 2.45. The van der Waals surface area contributed by atoms with Gasteiger partial charge in [0.05, 0.1) is 5.56 Å². The van der Waals surface area contributed by atoms with Gasteiger partial charge in [-0.1, -0.05) is 24.3 Å². The third-order valence-corrected chi connectivity index (χ3v) is 5.81. The van der Waals surface area contributed by atoms with Crippen molar-refractivity contribution in [3.63, 3.8) is 0 Å². The molecule has 2 saturated heterocycles. The molecule has 2 aliphatic heterocycles. The van der Waals surface area contributed by atoms with Crippen molar-refractivity contribution in [3.8, 4) is 0 Å². The zero-order chi connectivity index (χ0) is 18.3. The lowest BCUT2D eigenvalue weighted by Gasteiger charge is -2.28. The molecule has 0 saturated carbocycles. The van der Waals surface area contributed by atoms with Gasteiger partial charge in [0.25, 0.3) is 5.91 Å². The zero-order valence-corrected chi connectivity index (χ0v) is 16.7. The van der Waals surface area contributed by atoms with Gasteiger partial charge in [-0.2, -0.15) is 0 Å². The molecule has 3 atom stereocenters. The van der Waals surface area contributed by atoms with Crippen molar-refractivity contribution >= 4 is 24.3 Å². The number of benzene rings is 1. The largest absolute Gasteiger partial charge is 0.357 e. The Morgan fingerprint density at radius 2 is 1.85 bits per heavy atom. The number of carbonyl (C=O) groups is 1. The number of aryl methyl sites for hydroxylation is 1. The van der Waals surface area contributed by atoms with Crippen LogP contribution in [0.1, 0.15) is 27.5 Å². The van der Waals surface area contributed by atoms with Crippen LogP contribution >= 0.6 is 12.4 Å². The van der Waals surface area contributed by atoms with Crippen LogP contribution in [0, 0.1) is 18.8 Å². The predicted molar refractivity (Wildman–Crippen MR) is 108 cm³/mol. The van der Waals surface area contributed by atoms with Crippen LogP contribution in [0.25, 0.3) is 0 Å². The normalized spacial score (nSPS) is 24.4. The topological polar surface area (TPSA) is 61.4 Å². The lowest BCUT2D eigenvalue weighted by molar-refractivity contribution is 0.0767. The first-order valence-electron chi connectivity index (χ1n) is 9.13. The molecule has 1 amide bonds. The van der Waals surface area contributed by atoms with Gasteiger partial charge >= 0.3 is 0 Å². The number of fused-ring (bicyclic) bond motifs is 1. The molecule has 3 heterocycles. The van der Waals surface area contributed by atoms with Gasteiger partial charge in [-0.25, -0.2) is 9.97 Å². The van der Waals surface area contributed by atoms with Crippen molar-refractivity contribution in [2.75, 3.05) is 39.0 Å². The number of aromatic nitrogens is 2. The summed E-state index contributed by atoms with van der Waals surface area (Å²) < 4.78 is 0. The first kappa shape index (κ1) is 19.6. The average molecular weight is 388 g/mol. The van der Waals surface area contributed by atoms with Crippen LogP contribution in [0.5, 0.6) is 0 Å². The van der Waals surface area contributed by atoms with E-state index in [1.165, 1.54) is 11.1 Å². The minimum absolute atomic E-state index is 0. The van der Waals surface area contributed by atoms with Gasteiger partial charge in [-0.3, -0.25) is 9.69 Å². The Balaban J connectivity index is 0.00000210. The molecule has 1 N–H and O–H groups in total. The van der Waals surface area contributed by atoms with Gasteiger partial charge in [0.2, 0.25) is 5.95 Å². The van der Waals surface area contributed by atoms with Crippen molar-refractivity contribution in [2.45, 2.75) is 13.0 Å². The number of nitrogens with one attached hydrogen (secondary N) is 1. The summed E-state index contributed by atoms with van der Waals surface area (Å²) in [5.41, 5.74) is 3.27. The third-order valence-electron chi connectivity index (χ3n) is 5.81. The van der Waals surface area contributed by atoms with E-state index in [1.54, 1.807) is 19.4 Å². The van der Waals surface area contributed by atoms with E-state index in [9.17, 15) is 4.79 Å². The molecule has 2 aliphatic rings. The number of carbonyl (C=O) groups excluding carboxylic acids is 1. The fourth-order valence-electron chi connectivity index (χ4n) is 4.56. The third kappa shape index (κ3) is 3.51. The fourth-order valence-corrected chi connectivity index (χ4v) is 4.56. The lowest BCUT2D eigenvalue weighted by Crippen LogP contribution is -2.33. The van der Waals surface area contributed by atoms with Crippen LogP contribution in [0.15, 0.2) is 36.7 Å². The van der Waals surface area contributed by atoms with E-state index in [1.807, 2.05) is 4.90 Å². The van der Waals surface area contributed by atoms with Gasteiger partial charge in [-0.05, 0) is 31.0 Å². The summed E-state index contributed by atoms with van der Waals surface area (Å²) in [6, 6.07) is 8.98. The van der Waals surface area contributed by atoms with Crippen molar-refractivity contribution in [3.05, 3.63) is 53.3 Å². The second-order valence-electron chi connectivity index (χ2n) is 7.42. The van der Waals surface area contributed by atoms with Crippen LogP contribution in [0.4, 0.5) is 5.95 Å². The van der Waals surface area contributed by atoms with Crippen LogP contribution in [0.3, 0.4) is 0 Å². The molecule has 144 valence electrons. The minimum atomic E-state index is 0. The Labute approximate surface area is 166 Å². The van der Waals surface area contributed by atoms with Crippen molar-refractivity contribution in [2.24, 2.45) is 11.8 Å². The highest BCUT2D eigenvalue weighted by Gasteiger charge is 2.47. The molecule has 27 heavy (non-hydrogen) atoms. The molecular formula is C20H26ClN5O. The molecule has 1 aromatic heterocycles. The van der Waals surface area contributed by atoms with Crippen LogP contribution < -0.4 is 5.32 Å². The Morgan fingerprint density at radius 3 is 2.52 bits per heavy atom. The summed E-state index contributed by atoms with van der Waals surface area (Å²) in [5.74, 6) is 1.56. The fraction of sp³-hybridized carbons (Fsp3) is 0.450. The maximum atomic E-state index is 12.9. The van der Waals surface area contributed by atoms with Crippen LogP contribution in [-0.4, -0.2) is 59.4 Å². The van der Waals surface area contributed by atoms with Gasteiger partial charge in [-0.15, -0.1) is 12.4 Å². The summed E-state index contributed by atoms with van der Waals surface area (Å²) in [7, 11) is 3.96. The van der Waals surface area contributed by atoms with Gasteiger partial charge in [0, 0.05) is 51.0 Å². The summed E-state index contributed by atoms with van der Waals surface area (Å²) in [5, 5.41) is 2.88. The summed E-state index contributed by atoms with van der Waals surface area (Å²) in [6.07, 6.45) is 3.22. The molecule has 4 rings (SSSR count). The quantitative estimate of drug-likeness (QED) is 0.877. The van der Waals surface area contributed by atoms with E-state index in [0.29, 0.717) is 29.4 Å². The molecule has 2 fully saturated rings. The van der Waals surface area contributed by atoms with E-state index in [0.717, 1.165) is 19.6 Å². The standard InChI is InChI=1S/C20H25N5O.ClH/c1-13-6-4-5-7-16(13)18-17-12-25(11-15(17)10-24(18)3)19(26)14-8-22-20(21-2)23-9-14;/h4-9,15,17-18H,10-12H2,1-3H3,(H,21,22,23);1H/t15-,17+,18+;/m0./s1. The molecule has 2 aromatic rings. The summed E-state index contributed by atoms with van der Waals surface area (Å²) >= 11 is 0. The average Bonchev–Trinajstić information content (AvgIpc) is 3.19. The SMILES string of the molecule is CNc1ncc(C(=O)N2C[C@@H]3CN(C)[C@H](c4ccccc4C)[C@@H]3C2)cn1.Cl. The van der Waals surface area contributed by atoms with E-state index in [2.05, 4.69) is 58.4 Å². The Hall–Kier alpha value is -2.18. The zero-order valence-electron chi connectivity index (χ0n) is 15.9. The van der Waals surface area contributed by atoms with Gasteiger partial charge in [0.15, 0.2) is 0 Å². The molecular weight excluding hydrogens is 362 g/mol. The van der Waals surface area contributed by atoms with Crippen molar-refractivity contribution in [1.82, 2.24) is 19.8 Å². The van der Waals surface area contributed by atoms with E-state index in [-0.39, 0.29) is 18.3 Å². The number of hydrogen-bond acceptors (Lipinski definition) is 5. The summed E-state index contributed by atoms with van der Waals surface area (Å²) in [6.45, 7) is 4.81. The van der Waals surface area contributed by atoms with Crippen molar-refractivity contribution < 1.29 is 4.79 Å². The Morgan fingerprint density at radius 1 is 1.15 bits per heavy atom. The van der Waals surface area contributed by atoms with Crippen molar-refractivity contribution in [1.29, 1.82) is 0 Å². The van der Waals surface area contributed by atoms with E-state index in [4.69, 9.17) is 0 Å². The van der Waals surface area contributed by atoms with E-state index < -0.39 is 0 Å². The number of amides is 1.